The predicted molar refractivity (Wildman–Crippen MR) is 69.2 cm³/mol. The fourth-order valence-corrected chi connectivity index (χ4v) is 2.15. The number of hydrogen-bond donors (Lipinski definition) is 1. The highest BCUT2D eigenvalue weighted by Crippen LogP contribution is 2.25. The molecule has 1 N–H and O–H groups in total. The van der Waals surface area contributed by atoms with Gasteiger partial charge in [-0.05, 0) is 19.1 Å². The molecule has 3 amide bonds. The molecule has 0 bridgehead atoms. The molecule has 0 aliphatic carbocycles. The van der Waals surface area contributed by atoms with Crippen LogP contribution in [0, 0.1) is 0 Å². The molecule has 2 heterocycles. The van der Waals surface area contributed by atoms with Crippen LogP contribution in [0.4, 0.5) is 0 Å². The van der Waals surface area contributed by atoms with Gasteiger partial charge in [-0.25, -0.2) is 0 Å². The standard InChI is InChI=1S/C14H14N2O4/c1-14(8-20-14)13(19)15-6-7-16-11(17)9-4-2-3-5-10(9)12(16)18/h2-5H,6-8H2,1H3,(H,15,19). The van der Waals surface area contributed by atoms with Crippen molar-refractivity contribution in [3.8, 4) is 0 Å². The minimum Gasteiger partial charge on any atom is -0.359 e. The smallest absolute Gasteiger partial charge is 0.261 e. The SMILES string of the molecule is CC1(C(=O)NCCN2C(=O)c3ccccc3C2=O)CO1. The summed E-state index contributed by atoms with van der Waals surface area (Å²) >= 11 is 0. The van der Waals surface area contributed by atoms with E-state index in [4.69, 9.17) is 4.74 Å². The number of nitrogens with zero attached hydrogens (tertiary/aromatic N) is 1. The first-order chi connectivity index (χ1) is 9.53. The number of ether oxygens (including phenoxy) is 1. The lowest BCUT2D eigenvalue weighted by Crippen LogP contribution is -2.42. The van der Waals surface area contributed by atoms with Crippen molar-refractivity contribution >= 4 is 17.7 Å². The quantitative estimate of drug-likeness (QED) is 0.628. The highest BCUT2D eigenvalue weighted by atomic mass is 16.6. The number of carbonyl (C=O) groups is 3. The highest BCUT2D eigenvalue weighted by Gasteiger charge is 2.47. The van der Waals surface area contributed by atoms with E-state index in [1.54, 1.807) is 31.2 Å². The molecule has 0 saturated carbocycles. The van der Waals surface area contributed by atoms with Crippen LogP contribution in [0.5, 0.6) is 0 Å². The Bertz CT molecular complexity index is 572. The van der Waals surface area contributed by atoms with Gasteiger partial charge in [0, 0.05) is 13.1 Å². The van der Waals surface area contributed by atoms with Gasteiger partial charge < -0.3 is 10.1 Å². The Hall–Kier alpha value is -2.21. The molecule has 2 aliphatic heterocycles. The number of imide groups is 1. The third-order valence-corrected chi connectivity index (χ3v) is 3.56. The fourth-order valence-electron chi connectivity index (χ4n) is 2.15. The van der Waals surface area contributed by atoms with Gasteiger partial charge in [0.1, 0.15) is 0 Å². The number of fused-ring (bicyclic) bond motifs is 1. The summed E-state index contributed by atoms with van der Waals surface area (Å²) < 4.78 is 5.01. The molecule has 0 aromatic heterocycles. The van der Waals surface area contributed by atoms with E-state index in [9.17, 15) is 14.4 Å². The molecule has 1 saturated heterocycles. The molecule has 1 unspecified atom stereocenters. The summed E-state index contributed by atoms with van der Waals surface area (Å²) in [5.74, 6) is -0.837. The van der Waals surface area contributed by atoms with Crippen molar-refractivity contribution in [2.75, 3.05) is 19.7 Å². The fraction of sp³-hybridized carbons (Fsp3) is 0.357. The van der Waals surface area contributed by atoms with E-state index < -0.39 is 5.60 Å². The maximum atomic E-state index is 12.1. The lowest BCUT2D eigenvalue weighted by atomic mass is 10.1. The Balaban J connectivity index is 1.61. The molecule has 1 atom stereocenters. The molecule has 20 heavy (non-hydrogen) atoms. The van der Waals surface area contributed by atoms with Crippen LogP contribution in [-0.4, -0.2) is 47.9 Å². The first-order valence-electron chi connectivity index (χ1n) is 6.40. The van der Waals surface area contributed by atoms with Crippen LogP contribution in [0.25, 0.3) is 0 Å². The predicted octanol–water partition coefficient (Wildman–Crippen LogP) is 0.188. The Labute approximate surface area is 115 Å². The second kappa shape index (κ2) is 4.42. The van der Waals surface area contributed by atoms with Gasteiger partial charge in [0.2, 0.25) is 0 Å². The molecule has 1 fully saturated rings. The van der Waals surface area contributed by atoms with E-state index in [1.807, 2.05) is 0 Å². The summed E-state index contributed by atoms with van der Waals surface area (Å²) in [5, 5.41) is 2.67. The maximum absolute atomic E-state index is 12.1. The van der Waals surface area contributed by atoms with E-state index in [0.717, 1.165) is 4.90 Å². The summed E-state index contributed by atoms with van der Waals surface area (Å²) in [7, 11) is 0. The van der Waals surface area contributed by atoms with E-state index in [0.29, 0.717) is 17.7 Å². The van der Waals surface area contributed by atoms with E-state index >= 15 is 0 Å². The minimum absolute atomic E-state index is 0.161. The summed E-state index contributed by atoms with van der Waals surface area (Å²) in [6.45, 7) is 2.49. The van der Waals surface area contributed by atoms with Gasteiger partial charge in [0.25, 0.3) is 17.7 Å². The monoisotopic (exact) mass is 274 g/mol. The van der Waals surface area contributed by atoms with Crippen molar-refractivity contribution in [1.82, 2.24) is 10.2 Å². The minimum atomic E-state index is -0.734. The first kappa shape index (κ1) is 12.8. The second-order valence-electron chi connectivity index (χ2n) is 5.08. The summed E-state index contributed by atoms with van der Waals surface area (Å²) in [6, 6.07) is 6.71. The first-order valence-corrected chi connectivity index (χ1v) is 6.40. The van der Waals surface area contributed by atoms with Crippen molar-refractivity contribution < 1.29 is 19.1 Å². The number of epoxide rings is 1. The summed E-state index contributed by atoms with van der Waals surface area (Å²) in [5.41, 5.74) is 0.102. The van der Waals surface area contributed by atoms with Gasteiger partial charge in [-0.2, -0.15) is 0 Å². The van der Waals surface area contributed by atoms with Crippen molar-refractivity contribution in [3.63, 3.8) is 0 Å². The van der Waals surface area contributed by atoms with Crippen molar-refractivity contribution in [1.29, 1.82) is 0 Å². The molecule has 1 aromatic rings. The molecule has 104 valence electrons. The third kappa shape index (κ3) is 1.98. The highest BCUT2D eigenvalue weighted by molar-refractivity contribution is 6.21. The topological polar surface area (TPSA) is 79.0 Å². The van der Waals surface area contributed by atoms with Crippen LogP contribution in [0.15, 0.2) is 24.3 Å². The van der Waals surface area contributed by atoms with E-state index in [1.165, 1.54) is 0 Å². The molecule has 6 heteroatoms. The van der Waals surface area contributed by atoms with Crippen LogP contribution in [0.3, 0.4) is 0 Å². The number of hydrogen-bond acceptors (Lipinski definition) is 4. The number of benzene rings is 1. The lowest BCUT2D eigenvalue weighted by Gasteiger charge is -2.14. The molecule has 3 rings (SSSR count). The number of rotatable bonds is 4. The Morgan fingerprint density at radius 1 is 1.30 bits per heavy atom. The Kier molecular flexibility index (Phi) is 2.83. The molecule has 0 spiro atoms. The average molecular weight is 274 g/mol. The molecular formula is C14H14N2O4. The van der Waals surface area contributed by atoms with E-state index in [-0.39, 0.29) is 30.8 Å². The molecule has 2 aliphatic rings. The Morgan fingerprint density at radius 2 is 1.85 bits per heavy atom. The molecule has 0 radical (unpaired) electrons. The number of carbonyl (C=O) groups excluding carboxylic acids is 3. The van der Waals surface area contributed by atoms with Crippen molar-refractivity contribution in [3.05, 3.63) is 35.4 Å². The summed E-state index contributed by atoms with van der Waals surface area (Å²) in [4.78, 5) is 36.9. The zero-order valence-corrected chi connectivity index (χ0v) is 11.0. The van der Waals surface area contributed by atoms with Gasteiger partial charge >= 0.3 is 0 Å². The zero-order chi connectivity index (χ0) is 14.3. The van der Waals surface area contributed by atoms with Crippen LogP contribution in [0.1, 0.15) is 27.6 Å². The maximum Gasteiger partial charge on any atom is 0.261 e. The Morgan fingerprint density at radius 3 is 2.35 bits per heavy atom. The van der Waals surface area contributed by atoms with Gasteiger partial charge in [0.05, 0.1) is 17.7 Å². The van der Waals surface area contributed by atoms with Crippen molar-refractivity contribution in [2.45, 2.75) is 12.5 Å². The lowest BCUT2D eigenvalue weighted by molar-refractivity contribution is -0.125. The van der Waals surface area contributed by atoms with Gasteiger partial charge in [-0.3, -0.25) is 19.3 Å². The summed E-state index contributed by atoms with van der Waals surface area (Å²) in [6.07, 6.45) is 0. The van der Waals surface area contributed by atoms with Gasteiger partial charge in [0.15, 0.2) is 5.60 Å². The molecule has 1 aromatic carbocycles. The number of nitrogens with one attached hydrogen (secondary N) is 1. The van der Waals surface area contributed by atoms with Crippen molar-refractivity contribution in [2.24, 2.45) is 0 Å². The molecular weight excluding hydrogens is 260 g/mol. The van der Waals surface area contributed by atoms with E-state index in [2.05, 4.69) is 5.32 Å². The third-order valence-electron chi connectivity index (χ3n) is 3.56. The molecule has 6 nitrogen and oxygen atoms in total. The van der Waals surface area contributed by atoms with Gasteiger partial charge in [-0.15, -0.1) is 0 Å². The van der Waals surface area contributed by atoms with Crippen LogP contribution in [0.2, 0.25) is 0 Å². The average Bonchev–Trinajstić information content (AvgIpc) is 3.16. The number of amides is 3. The zero-order valence-electron chi connectivity index (χ0n) is 11.0. The normalized spacial score (nSPS) is 23.8. The second-order valence-corrected chi connectivity index (χ2v) is 5.08. The van der Waals surface area contributed by atoms with Gasteiger partial charge in [-0.1, -0.05) is 12.1 Å². The van der Waals surface area contributed by atoms with Crippen LogP contribution < -0.4 is 5.32 Å². The largest absolute Gasteiger partial charge is 0.359 e. The van der Waals surface area contributed by atoms with Crippen LogP contribution in [-0.2, 0) is 9.53 Å². The van der Waals surface area contributed by atoms with Crippen LogP contribution >= 0.6 is 0 Å².